The monoisotopic (exact) mass is 339 g/mol. The molecule has 0 N–H and O–H groups in total. The minimum Gasteiger partial charge on any atom is -0.375 e. The Kier molecular flexibility index (Phi) is 4.25. The summed E-state index contributed by atoms with van der Waals surface area (Å²) in [5, 5.41) is 0. The highest BCUT2D eigenvalue weighted by molar-refractivity contribution is 6.00. The normalized spacial score (nSPS) is 26.2. The molecule has 2 aliphatic rings. The average Bonchev–Trinajstić information content (AvgIpc) is 2.83. The molecule has 8 heteroatoms. The number of ether oxygens (including phenoxy) is 1. The van der Waals surface area contributed by atoms with Gasteiger partial charge in [0.05, 0.1) is 23.8 Å². The van der Waals surface area contributed by atoms with Crippen molar-refractivity contribution in [1.82, 2.24) is 9.88 Å². The lowest BCUT2D eigenvalue weighted by atomic mass is 9.77. The van der Waals surface area contributed by atoms with Gasteiger partial charge in [-0.3, -0.25) is 14.6 Å². The van der Waals surface area contributed by atoms with Crippen LogP contribution in [0.15, 0.2) is 24.5 Å². The molecule has 2 amide bonds. The first-order chi connectivity index (χ1) is 11.4. The van der Waals surface area contributed by atoms with Crippen LogP contribution in [0.4, 0.5) is 14.5 Å². The number of anilines is 1. The maximum Gasteiger partial charge on any atom is 0.266 e. The van der Waals surface area contributed by atoms with Crippen LogP contribution in [0.5, 0.6) is 0 Å². The van der Waals surface area contributed by atoms with E-state index < -0.39 is 30.2 Å². The number of alkyl halides is 2. The summed E-state index contributed by atoms with van der Waals surface area (Å²) in [5.74, 6) is -3.99. The van der Waals surface area contributed by atoms with Crippen LogP contribution >= 0.6 is 0 Å². The molecule has 0 saturated carbocycles. The van der Waals surface area contributed by atoms with Crippen LogP contribution in [0.2, 0.25) is 0 Å². The second-order valence-corrected chi connectivity index (χ2v) is 6.41. The zero-order chi connectivity index (χ0) is 17.4. The van der Waals surface area contributed by atoms with Gasteiger partial charge in [0, 0.05) is 32.8 Å². The molecule has 0 unspecified atom stereocenters. The molecule has 6 nitrogen and oxygen atoms in total. The van der Waals surface area contributed by atoms with Crippen molar-refractivity contribution in [1.29, 1.82) is 0 Å². The third-order valence-corrected chi connectivity index (χ3v) is 4.60. The number of rotatable bonds is 3. The number of hydrogen-bond acceptors (Lipinski definition) is 4. The first-order valence-corrected chi connectivity index (χ1v) is 7.73. The van der Waals surface area contributed by atoms with E-state index in [1.54, 1.807) is 18.3 Å². The zero-order valence-corrected chi connectivity index (χ0v) is 13.4. The molecule has 1 spiro atoms. The first kappa shape index (κ1) is 16.8. The number of carbonyl (C=O) groups is 2. The number of pyridine rings is 1. The molecule has 3 heterocycles. The van der Waals surface area contributed by atoms with Crippen molar-refractivity contribution in [3.63, 3.8) is 0 Å². The van der Waals surface area contributed by atoms with Gasteiger partial charge in [0.2, 0.25) is 11.8 Å². The molecular formula is C16H19F2N3O3. The molecule has 1 aromatic heterocycles. The summed E-state index contributed by atoms with van der Waals surface area (Å²) in [4.78, 5) is 31.4. The quantitative estimate of drug-likeness (QED) is 0.833. The fourth-order valence-electron chi connectivity index (χ4n) is 3.59. The fraction of sp³-hybridized carbons (Fsp3) is 0.562. The van der Waals surface area contributed by atoms with Crippen LogP contribution in [-0.2, 0) is 14.3 Å². The van der Waals surface area contributed by atoms with E-state index in [0.717, 1.165) is 4.90 Å². The van der Waals surface area contributed by atoms with Gasteiger partial charge >= 0.3 is 0 Å². The van der Waals surface area contributed by atoms with Gasteiger partial charge in [-0.1, -0.05) is 0 Å². The number of methoxy groups -OCH3 is 1. The van der Waals surface area contributed by atoms with Crippen molar-refractivity contribution in [3.8, 4) is 0 Å². The summed E-state index contributed by atoms with van der Waals surface area (Å²) < 4.78 is 33.2. The maximum absolute atomic E-state index is 14.2. The van der Waals surface area contributed by atoms with Crippen LogP contribution < -0.4 is 4.90 Å². The van der Waals surface area contributed by atoms with Gasteiger partial charge in [0.1, 0.15) is 6.61 Å². The van der Waals surface area contributed by atoms with E-state index in [1.165, 1.54) is 18.2 Å². The zero-order valence-electron chi connectivity index (χ0n) is 13.4. The Hall–Kier alpha value is -2.09. The smallest absolute Gasteiger partial charge is 0.266 e. The van der Waals surface area contributed by atoms with Crippen molar-refractivity contribution >= 4 is 17.5 Å². The van der Waals surface area contributed by atoms with Crippen molar-refractivity contribution in [3.05, 3.63) is 24.5 Å². The van der Waals surface area contributed by atoms with Crippen molar-refractivity contribution in [2.45, 2.75) is 18.8 Å². The van der Waals surface area contributed by atoms with Gasteiger partial charge in [0.15, 0.2) is 0 Å². The van der Waals surface area contributed by atoms with E-state index in [2.05, 4.69) is 4.98 Å². The van der Waals surface area contributed by atoms with Crippen LogP contribution in [0.3, 0.4) is 0 Å². The second-order valence-electron chi connectivity index (χ2n) is 6.41. The Morgan fingerprint density at radius 2 is 2.21 bits per heavy atom. The summed E-state index contributed by atoms with van der Waals surface area (Å²) in [6, 6.07) is 3.41. The lowest BCUT2D eigenvalue weighted by Crippen LogP contribution is -2.57. The molecule has 1 aromatic rings. The van der Waals surface area contributed by atoms with E-state index in [1.807, 2.05) is 0 Å². The summed E-state index contributed by atoms with van der Waals surface area (Å²) >= 11 is 0. The third kappa shape index (κ3) is 2.98. The van der Waals surface area contributed by atoms with Gasteiger partial charge < -0.3 is 14.5 Å². The number of hydrogen-bond donors (Lipinski definition) is 0. The van der Waals surface area contributed by atoms with Crippen LogP contribution in [-0.4, -0.2) is 61.0 Å². The highest BCUT2D eigenvalue weighted by atomic mass is 19.3. The largest absolute Gasteiger partial charge is 0.375 e. The lowest BCUT2D eigenvalue weighted by Gasteiger charge is -2.42. The lowest BCUT2D eigenvalue weighted by molar-refractivity contribution is -0.161. The molecule has 24 heavy (non-hydrogen) atoms. The topological polar surface area (TPSA) is 62.7 Å². The van der Waals surface area contributed by atoms with Gasteiger partial charge in [0.25, 0.3) is 5.92 Å². The Labute approximate surface area is 138 Å². The van der Waals surface area contributed by atoms with E-state index in [0.29, 0.717) is 12.2 Å². The number of nitrogens with zero attached hydrogens (tertiary/aromatic N) is 3. The number of likely N-dealkylation sites (tertiary alicyclic amines) is 1. The Balaban J connectivity index is 1.86. The summed E-state index contributed by atoms with van der Waals surface area (Å²) in [5.41, 5.74) is -0.663. The van der Waals surface area contributed by atoms with Gasteiger partial charge in [-0.05, 0) is 18.6 Å². The summed E-state index contributed by atoms with van der Waals surface area (Å²) in [6.45, 7) is -0.600. The van der Waals surface area contributed by atoms with E-state index >= 15 is 0 Å². The van der Waals surface area contributed by atoms with Gasteiger partial charge in [-0.15, -0.1) is 0 Å². The molecule has 0 bridgehead atoms. The molecule has 3 rings (SSSR count). The predicted octanol–water partition coefficient (Wildman–Crippen LogP) is 1.32. The standard InChI is InChI=1S/C16H19F2N3O3/c1-24-8-13(22)20-10-15(9-16(17,18)11-20)4-6-21(14(15)23)12-3-2-5-19-7-12/h2-3,5,7H,4,6,8-11H2,1H3/t15-/m0/s1. The molecule has 1 atom stereocenters. The third-order valence-electron chi connectivity index (χ3n) is 4.60. The highest BCUT2D eigenvalue weighted by Crippen LogP contribution is 2.46. The highest BCUT2D eigenvalue weighted by Gasteiger charge is 2.57. The number of carbonyl (C=O) groups excluding carboxylic acids is 2. The Bertz CT molecular complexity index is 641. The summed E-state index contributed by atoms with van der Waals surface area (Å²) in [6.07, 6.45) is 2.87. The van der Waals surface area contributed by atoms with Gasteiger partial charge in [-0.2, -0.15) is 0 Å². The molecular weight excluding hydrogens is 320 g/mol. The molecule has 2 saturated heterocycles. The molecule has 0 radical (unpaired) electrons. The molecule has 2 aliphatic heterocycles. The van der Waals surface area contributed by atoms with Crippen LogP contribution in [0.1, 0.15) is 12.8 Å². The van der Waals surface area contributed by atoms with Crippen molar-refractivity contribution in [2.24, 2.45) is 5.41 Å². The molecule has 2 fully saturated rings. The second kappa shape index (κ2) is 6.08. The molecule has 0 aromatic carbocycles. The molecule has 0 aliphatic carbocycles. The summed E-state index contributed by atoms with van der Waals surface area (Å²) in [7, 11) is 1.33. The number of amides is 2. The first-order valence-electron chi connectivity index (χ1n) is 7.73. The minimum absolute atomic E-state index is 0.000376. The molecule has 130 valence electrons. The minimum atomic E-state index is -3.09. The van der Waals surface area contributed by atoms with E-state index in [9.17, 15) is 18.4 Å². The SMILES string of the molecule is COCC(=O)N1CC(F)(F)C[C@@]2(CCN(c3cccnc3)C2=O)C1. The number of halogens is 2. The average molecular weight is 339 g/mol. The van der Waals surface area contributed by atoms with Crippen molar-refractivity contribution in [2.75, 3.05) is 38.3 Å². The van der Waals surface area contributed by atoms with Crippen LogP contribution in [0, 0.1) is 5.41 Å². The van der Waals surface area contributed by atoms with E-state index in [-0.39, 0.29) is 25.5 Å². The Morgan fingerprint density at radius 3 is 2.88 bits per heavy atom. The van der Waals surface area contributed by atoms with E-state index in [4.69, 9.17) is 4.74 Å². The van der Waals surface area contributed by atoms with Gasteiger partial charge in [-0.25, -0.2) is 8.78 Å². The number of aromatic nitrogens is 1. The predicted molar refractivity (Wildman–Crippen MR) is 81.7 cm³/mol. The Morgan fingerprint density at radius 1 is 1.42 bits per heavy atom. The van der Waals surface area contributed by atoms with Crippen LogP contribution in [0.25, 0.3) is 0 Å². The fourth-order valence-corrected chi connectivity index (χ4v) is 3.59. The number of piperidine rings is 1. The van der Waals surface area contributed by atoms with Crippen molar-refractivity contribution < 1.29 is 23.1 Å². The maximum atomic E-state index is 14.2.